The Labute approximate surface area is 171 Å². The molecule has 5 fully saturated rings. The number of nitrogens with one attached hydrogen (secondary N) is 1. The highest BCUT2D eigenvalue weighted by Gasteiger charge is 2.52. The molecule has 2 heterocycles. The fourth-order valence-corrected chi connectivity index (χ4v) is 6.93. The Balaban J connectivity index is 1.12. The van der Waals surface area contributed by atoms with E-state index >= 15 is 0 Å². The van der Waals surface area contributed by atoms with E-state index in [0.717, 1.165) is 47.4 Å². The molecule has 0 spiro atoms. The van der Waals surface area contributed by atoms with Gasteiger partial charge in [0.05, 0.1) is 6.54 Å². The largest absolute Gasteiger partial charge is 0.486 e. The standard InChI is InChI=1S/C24H29N3O2/c28-23(26-24-12-16-9-17(13-24)11-18(10-16)14-24)27-8-6-20(15-27)29-21-5-1-3-19-4-2-7-25-22(19)21/h1-5,7,16-18,20H,6,8-15H2,(H,26,28). The highest BCUT2D eigenvalue weighted by molar-refractivity contribution is 5.84. The molecule has 1 N–H and O–H groups in total. The Morgan fingerprint density at radius 2 is 1.79 bits per heavy atom. The quantitative estimate of drug-likeness (QED) is 0.845. The lowest BCUT2D eigenvalue weighted by atomic mass is 9.53. The van der Waals surface area contributed by atoms with Gasteiger partial charge in [0, 0.05) is 30.1 Å². The Morgan fingerprint density at radius 1 is 1.07 bits per heavy atom. The molecule has 4 bridgehead atoms. The lowest BCUT2D eigenvalue weighted by Gasteiger charge is -2.57. The second-order valence-corrected chi connectivity index (χ2v) is 9.93. The van der Waals surface area contributed by atoms with E-state index in [1.807, 2.05) is 23.1 Å². The van der Waals surface area contributed by atoms with Crippen LogP contribution < -0.4 is 10.1 Å². The van der Waals surface area contributed by atoms with Gasteiger partial charge in [-0.15, -0.1) is 0 Å². The first-order valence-corrected chi connectivity index (χ1v) is 11.2. The molecular weight excluding hydrogens is 362 g/mol. The molecule has 1 unspecified atom stereocenters. The van der Waals surface area contributed by atoms with Crippen molar-refractivity contribution in [2.45, 2.75) is 56.6 Å². The van der Waals surface area contributed by atoms with Gasteiger partial charge in [-0.25, -0.2) is 4.79 Å². The van der Waals surface area contributed by atoms with Gasteiger partial charge in [0.25, 0.3) is 0 Å². The zero-order valence-corrected chi connectivity index (χ0v) is 16.8. The van der Waals surface area contributed by atoms with Crippen molar-refractivity contribution in [3.05, 3.63) is 36.5 Å². The van der Waals surface area contributed by atoms with Crippen LogP contribution in [-0.2, 0) is 0 Å². The van der Waals surface area contributed by atoms with Crippen molar-refractivity contribution in [1.82, 2.24) is 15.2 Å². The Hall–Kier alpha value is -2.30. The summed E-state index contributed by atoms with van der Waals surface area (Å²) in [4.78, 5) is 19.5. The highest BCUT2D eigenvalue weighted by Crippen LogP contribution is 2.55. The molecule has 7 rings (SSSR count). The van der Waals surface area contributed by atoms with Crippen molar-refractivity contribution >= 4 is 16.9 Å². The number of pyridine rings is 1. The van der Waals surface area contributed by atoms with Crippen LogP contribution in [0.5, 0.6) is 5.75 Å². The van der Waals surface area contributed by atoms with E-state index in [0.29, 0.717) is 6.54 Å². The smallest absolute Gasteiger partial charge is 0.317 e. The van der Waals surface area contributed by atoms with Gasteiger partial charge >= 0.3 is 6.03 Å². The number of carbonyl (C=O) groups is 1. The van der Waals surface area contributed by atoms with Crippen LogP contribution in [0.15, 0.2) is 36.5 Å². The molecule has 29 heavy (non-hydrogen) atoms. The summed E-state index contributed by atoms with van der Waals surface area (Å²) < 4.78 is 6.28. The van der Waals surface area contributed by atoms with Crippen molar-refractivity contribution in [1.29, 1.82) is 0 Å². The van der Waals surface area contributed by atoms with E-state index in [4.69, 9.17) is 4.74 Å². The second-order valence-electron chi connectivity index (χ2n) is 9.93. The number of hydrogen-bond acceptors (Lipinski definition) is 3. The van der Waals surface area contributed by atoms with E-state index in [9.17, 15) is 4.79 Å². The summed E-state index contributed by atoms with van der Waals surface area (Å²) in [7, 11) is 0. The molecule has 2 amide bonds. The minimum absolute atomic E-state index is 0.0321. The number of amides is 2. The third kappa shape index (κ3) is 3.15. The molecule has 152 valence electrons. The van der Waals surface area contributed by atoms with Crippen molar-refractivity contribution in [2.75, 3.05) is 13.1 Å². The van der Waals surface area contributed by atoms with Gasteiger partial charge in [0.15, 0.2) is 0 Å². The SMILES string of the molecule is O=C(NC12CC3CC(CC(C3)C1)C2)N1CCC(Oc2cccc3cccnc23)C1. The number of aromatic nitrogens is 1. The molecule has 4 aliphatic carbocycles. The number of rotatable bonds is 3. The summed E-state index contributed by atoms with van der Waals surface area (Å²) in [5, 5.41) is 4.58. The zero-order chi connectivity index (χ0) is 19.4. The Morgan fingerprint density at radius 3 is 2.55 bits per heavy atom. The van der Waals surface area contributed by atoms with Crippen LogP contribution in [0.2, 0.25) is 0 Å². The fraction of sp³-hybridized carbons (Fsp3) is 0.583. The van der Waals surface area contributed by atoms with Gasteiger partial charge in [-0.3, -0.25) is 4.98 Å². The first-order chi connectivity index (χ1) is 14.2. The monoisotopic (exact) mass is 391 g/mol. The van der Waals surface area contributed by atoms with E-state index in [1.54, 1.807) is 6.20 Å². The van der Waals surface area contributed by atoms with Gasteiger partial charge < -0.3 is 15.0 Å². The van der Waals surface area contributed by atoms with Crippen LogP contribution in [0.4, 0.5) is 4.79 Å². The van der Waals surface area contributed by atoms with E-state index < -0.39 is 0 Å². The predicted octanol–water partition coefficient (Wildman–Crippen LogP) is 4.37. The molecular formula is C24H29N3O2. The third-order valence-corrected chi connectivity index (χ3v) is 7.73. The number of para-hydroxylation sites is 1. The topological polar surface area (TPSA) is 54.5 Å². The van der Waals surface area contributed by atoms with Gasteiger partial charge in [-0.1, -0.05) is 18.2 Å². The van der Waals surface area contributed by atoms with Gasteiger partial charge in [-0.05, 0) is 68.4 Å². The molecule has 5 heteroatoms. The van der Waals surface area contributed by atoms with Crippen molar-refractivity contribution in [2.24, 2.45) is 17.8 Å². The Bertz CT molecular complexity index is 902. The lowest BCUT2D eigenvalue weighted by Crippen LogP contribution is -2.61. The first kappa shape index (κ1) is 17.5. The number of carbonyl (C=O) groups excluding carboxylic acids is 1. The average Bonchev–Trinajstić information content (AvgIpc) is 3.16. The van der Waals surface area contributed by atoms with Crippen LogP contribution in [0, 0.1) is 17.8 Å². The number of likely N-dealkylation sites (tertiary alicyclic amines) is 1. The van der Waals surface area contributed by atoms with Crippen LogP contribution >= 0.6 is 0 Å². The summed E-state index contributed by atoms with van der Waals surface area (Å²) in [5.74, 6) is 3.34. The molecule has 2 aromatic rings. The summed E-state index contributed by atoms with van der Waals surface area (Å²) >= 11 is 0. The van der Waals surface area contributed by atoms with Crippen LogP contribution in [0.25, 0.3) is 10.9 Å². The maximum Gasteiger partial charge on any atom is 0.317 e. The van der Waals surface area contributed by atoms with E-state index in [2.05, 4.69) is 22.4 Å². The molecule has 1 aromatic carbocycles. The maximum atomic E-state index is 13.1. The molecule has 5 nitrogen and oxygen atoms in total. The highest BCUT2D eigenvalue weighted by atomic mass is 16.5. The van der Waals surface area contributed by atoms with E-state index in [1.165, 1.54) is 38.5 Å². The van der Waals surface area contributed by atoms with Crippen LogP contribution in [0.3, 0.4) is 0 Å². The predicted molar refractivity (Wildman–Crippen MR) is 112 cm³/mol. The molecule has 1 aromatic heterocycles. The molecule has 1 saturated heterocycles. The van der Waals surface area contributed by atoms with Crippen molar-refractivity contribution in [3.63, 3.8) is 0 Å². The summed E-state index contributed by atoms with van der Waals surface area (Å²) in [6.07, 6.45) is 10.5. The molecule has 1 aliphatic heterocycles. The number of urea groups is 1. The zero-order valence-electron chi connectivity index (χ0n) is 16.8. The fourth-order valence-electron chi connectivity index (χ4n) is 6.93. The first-order valence-electron chi connectivity index (χ1n) is 11.2. The molecule has 5 aliphatic rings. The van der Waals surface area contributed by atoms with Gasteiger partial charge in [-0.2, -0.15) is 0 Å². The number of hydrogen-bond donors (Lipinski definition) is 1. The minimum Gasteiger partial charge on any atom is -0.486 e. The van der Waals surface area contributed by atoms with Gasteiger partial charge in [0.2, 0.25) is 0 Å². The van der Waals surface area contributed by atoms with E-state index in [-0.39, 0.29) is 17.7 Å². The normalized spacial score (nSPS) is 35.2. The lowest BCUT2D eigenvalue weighted by molar-refractivity contribution is -0.0154. The Kier molecular flexibility index (Phi) is 4.00. The van der Waals surface area contributed by atoms with Crippen molar-refractivity contribution in [3.8, 4) is 5.75 Å². The third-order valence-electron chi connectivity index (χ3n) is 7.73. The summed E-state index contributed by atoms with van der Waals surface area (Å²) in [6, 6.07) is 10.1. The maximum absolute atomic E-state index is 13.1. The van der Waals surface area contributed by atoms with Crippen LogP contribution in [-0.4, -0.2) is 40.6 Å². The summed E-state index contributed by atoms with van der Waals surface area (Å²) in [5.41, 5.74) is 0.969. The minimum atomic E-state index is 0.0321. The number of ether oxygens (including phenoxy) is 1. The molecule has 1 atom stereocenters. The number of nitrogens with zero attached hydrogens (tertiary/aromatic N) is 2. The summed E-state index contributed by atoms with van der Waals surface area (Å²) in [6.45, 7) is 1.42. The number of fused-ring (bicyclic) bond motifs is 1. The van der Waals surface area contributed by atoms with Crippen molar-refractivity contribution < 1.29 is 9.53 Å². The molecule has 4 saturated carbocycles. The average molecular weight is 392 g/mol. The molecule has 0 radical (unpaired) electrons. The van der Waals surface area contributed by atoms with Crippen LogP contribution in [0.1, 0.15) is 44.9 Å². The number of benzene rings is 1. The second kappa shape index (κ2) is 6.61. The van der Waals surface area contributed by atoms with Gasteiger partial charge in [0.1, 0.15) is 17.4 Å².